The van der Waals surface area contributed by atoms with E-state index >= 15 is 0 Å². The van der Waals surface area contributed by atoms with E-state index in [-0.39, 0.29) is 17.6 Å². The van der Waals surface area contributed by atoms with Crippen LogP contribution in [0.15, 0.2) is 48.5 Å². The van der Waals surface area contributed by atoms with E-state index in [1.54, 1.807) is 24.3 Å². The van der Waals surface area contributed by atoms with Crippen molar-refractivity contribution in [2.45, 2.75) is 52.3 Å². The number of aromatic nitrogens is 1. The van der Waals surface area contributed by atoms with Crippen molar-refractivity contribution in [2.75, 3.05) is 11.9 Å². The van der Waals surface area contributed by atoms with Crippen molar-refractivity contribution in [1.29, 1.82) is 0 Å². The lowest BCUT2D eigenvalue weighted by molar-refractivity contribution is -0.181. The molecule has 0 saturated carbocycles. The third kappa shape index (κ3) is 4.71. The number of nitrogens with zero attached hydrogens (tertiary/aromatic N) is 1. The van der Waals surface area contributed by atoms with Gasteiger partial charge in [0.1, 0.15) is 5.41 Å². The summed E-state index contributed by atoms with van der Waals surface area (Å²) in [6, 6.07) is 13.6. The molecule has 4 nitrogen and oxygen atoms in total. The Labute approximate surface area is 186 Å². The van der Waals surface area contributed by atoms with Crippen LogP contribution in [0, 0.1) is 6.92 Å². The molecule has 2 N–H and O–H groups in total. The van der Waals surface area contributed by atoms with Crippen molar-refractivity contribution in [3.05, 3.63) is 70.9 Å². The predicted molar refractivity (Wildman–Crippen MR) is 122 cm³/mol. The summed E-state index contributed by atoms with van der Waals surface area (Å²) in [6.07, 6.45) is -4.41. The van der Waals surface area contributed by atoms with Crippen molar-refractivity contribution < 1.29 is 18.0 Å². The fourth-order valence-electron chi connectivity index (χ4n) is 3.47. The molecule has 3 rings (SSSR count). The number of amides is 1. The number of benzene rings is 2. The molecule has 170 valence electrons. The number of rotatable bonds is 6. The van der Waals surface area contributed by atoms with Crippen molar-refractivity contribution >= 4 is 22.5 Å². The van der Waals surface area contributed by atoms with E-state index in [1.165, 1.54) is 6.07 Å². The number of pyridine rings is 1. The minimum atomic E-state index is -4.41. The maximum absolute atomic E-state index is 13.3. The maximum atomic E-state index is 13.3. The Morgan fingerprint density at radius 3 is 2.41 bits per heavy atom. The smallest absolute Gasteiger partial charge is 0.385 e. The number of hydrogen-bond acceptors (Lipinski definition) is 3. The number of hydrogen-bond donors (Lipinski definition) is 2. The third-order valence-electron chi connectivity index (χ3n) is 5.77. The van der Waals surface area contributed by atoms with Gasteiger partial charge < -0.3 is 10.6 Å². The summed E-state index contributed by atoms with van der Waals surface area (Å²) in [7, 11) is 0. The summed E-state index contributed by atoms with van der Waals surface area (Å²) in [5.41, 5.74) is 1.87. The van der Waals surface area contributed by atoms with Gasteiger partial charge in [0.25, 0.3) is 5.91 Å². The molecule has 0 radical (unpaired) electrons. The zero-order valence-corrected chi connectivity index (χ0v) is 18.9. The number of fused-ring (bicyclic) bond motifs is 1. The standard InChI is InChI=1S/C25H28F3N3O/c1-6-29-20-10-7-17(13-15(20)2)16(3)30-23(32)19-8-11-21-18(14-19)9-12-22(31-21)24(4,5)25(26,27)28/h7-14,16,29H,6H2,1-5H3,(H,30,32)/t16-/m1/s1. The lowest BCUT2D eigenvalue weighted by atomic mass is 9.87. The number of carbonyl (C=O) groups excluding carboxylic acids is 1. The molecule has 1 heterocycles. The summed E-state index contributed by atoms with van der Waals surface area (Å²) < 4.78 is 40.0. The molecule has 0 bridgehead atoms. The Balaban J connectivity index is 1.80. The molecular weight excluding hydrogens is 415 g/mol. The quantitative estimate of drug-likeness (QED) is 0.470. The second-order valence-corrected chi connectivity index (χ2v) is 8.53. The molecular formula is C25H28F3N3O. The summed E-state index contributed by atoms with van der Waals surface area (Å²) in [4.78, 5) is 17.0. The molecule has 7 heteroatoms. The molecule has 32 heavy (non-hydrogen) atoms. The molecule has 0 saturated heterocycles. The highest BCUT2D eigenvalue weighted by Crippen LogP contribution is 2.40. The van der Waals surface area contributed by atoms with Crippen LogP contribution in [0.1, 0.15) is 60.9 Å². The molecule has 0 aliphatic rings. The number of aryl methyl sites for hydroxylation is 1. The summed E-state index contributed by atoms with van der Waals surface area (Å²) in [5.74, 6) is -0.257. The average Bonchev–Trinajstić information content (AvgIpc) is 2.73. The van der Waals surface area contributed by atoms with Gasteiger partial charge in [-0.25, -0.2) is 0 Å². The molecule has 1 aromatic heterocycles. The SMILES string of the molecule is CCNc1ccc([C@@H](C)NC(=O)c2ccc3nc(C(C)(C)C(F)(F)F)ccc3c2)cc1C. The monoisotopic (exact) mass is 443 g/mol. The van der Waals surface area contributed by atoms with E-state index < -0.39 is 11.6 Å². The highest BCUT2D eigenvalue weighted by molar-refractivity contribution is 5.98. The van der Waals surface area contributed by atoms with Crippen LogP contribution in [0.5, 0.6) is 0 Å². The van der Waals surface area contributed by atoms with Crippen LogP contribution >= 0.6 is 0 Å². The summed E-state index contributed by atoms with van der Waals surface area (Å²) in [6.45, 7) is 9.01. The molecule has 0 fully saturated rings. The van der Waals surface area contributed by atoms with Gasteiger partial charge in [0.2, 0.25) is 0 Å². The van der Waals surface area contributed by atoms with E-state index in [2.05, 4.69) is 15.6 Å². The van der Waals surface area contributed by atoms with Gasteiger partial charge in [-0.05, 0) is 76.1 Å². The van der Waals surface area contributed by atoms with Gasteiger partial charge in [0.05, 0.1) is 17.3 Å². The third-order valence-corrected chi connectivity index (χ3v) is 5.77. The molecule has 0 aliphatic heterocycles. The zero-order valence-electron chi connectivity index (χ0n) is 18.9. The van der Waals surface area contributed by atoms with Crippen LogP contribution in [0.2, 0.25) is 0 Å². The highest BCUT2D eigenvalue weighted by Gasteiger charge is 2.49. The first-order valence-electron chi connectivity index (χ1n) is 10.6. The number of nitrogens with one attached hydrogen (secondary N) is 2. The van der Waals surface area contributed by atoms with Gasteiger partial charge in [-0.2, -0.15) is 13.2 Å². The lowest BCUT2D eigenvalue weighted by Crippen LogP contribution is -2.37. The van der Waals surface area contributed by atoms with Gasteiger partial charge >= 0.3 is 6.18 Å². The minimum Gasteiger partial charge on any atom is -0.385 e. The predicted octanol–water partition coefficient (Wildman–Crippen LogP) is 6.31. The highest BCUT2D eigenvalue weighted by atomic mass is 19.4. The molecule has 0 spiro atoms. The Morgan fingerprint density at radius 1 is 1.06 bits per heavy atom. The second-order valence-electron chi connectivity index (χ2n) is 8.53. The largest absolute Gasteiger partial charge is 0.399 e. The van der Waals surface area contributed by atoms with Crippen LogP contribution < -0.4 is 10.6 Å². The fraction of sp³-hybridized carbons (Fsp3) is 0.360. The van der Waals surface area contributed by atoms with Crippen molar-refractivity contribution in [3.8, 4) is 0 Å². The van der Waals surface area contributed by atoms with Gasteiger partial charge in [-0.15, -0.1) is 0 Å². The van der Waals surface area contributed by atoms with Gasteiger partial charge in [0, 0.05) is 23.2 Å². The first-order chi connectivity index (χ1) is 14.9. The molecule has 1 amide bonds. The van der Waals surface area contributed by atoms with Gasteiger partial charge in [-0.3, -0.25) is 9.78 Å². The summed E-state index contributed by atoms with van der Waals surface area (Å²) in [5, 5.41) is 6.88. The first kappa shape index (κ1) is 23.6. The lowest BCUT2D eigenvalue weighted by Gasteiger charge is -2.27. The van der Waals surface area contributed by atoms with Crippen LogP contribution in [-0.4, -0.2) is 23.6 Å². The zero-order chi connectivity index (χ0) is 23.7. The topological polar surface area (TPSA) is 54.0 Å². The van der Waals surface area contributed by atoms with Gasteiger partial charge in [0.15, 0.2) is 0 Å². The normalized spacial score (nSPS) is 13.1. The van der Waals surface area contributed by atoms with E-state index in [9.17, 15) is 18.0 Å². The van der Waals surface area contributed by atoms with E-state index in [1.807, 2.05) is 39.0 Å². The fourth-order valence-corrected chi connectivity index (χ4v) is 3.47. The molecule has 3 aromatic rings. The second kappa shape index (κ2) is 8.81. The van der Waals surface area contributed by atoms with Crippen LogP contribution in [0.4, 0.5) is 18.9 Å². The number of halogens is 3. The molecule has 1 atom stereocenters. The molecule has 0 aliphatic carbocycles. The Bertz CT molecular complexity index is 1140. The van der Waals surface area contributed by atoms with Crippen molar-refractivity contribution in [3.63, 3.8) is 0 Å². The summed E-state index contributed by atoms with van der Waals surface area (Å²) >= 11 is 0. The minimum absolute atomic E-state index is 0.0558. The number of anilines is 1. The van der Waals surface area contributed by atoms with E-state index in [0.29, 0.717) is 16.5 Å². The number of alkyl halides is 3. The Morgan fingerprint density at radius 2 is 1.78 bits per heavy atom. The maximum Gasteiger partial charge on any atom is 0.399 e. The molecule has 2 aromatic carbocycles. The van der Waals surface area contributed by atoms with Crippen LogP contribution in [0.25, 0.3) is 10.9 Å². The van der Waals surface area contributed by atoms with Crippen LogP contribution in [-0.2, 0) is 5.41 Å². The van der Waals surface area contributed by atoms with Crippen molar-refractivity contribution in [1.82, 2.24) is 10.3 Å². The Kier molecular flexibility index (Phi) is 6.49. The number of carbonyl (C=O) groups is 1. The van der Waals surface area contributed by atoms with E-state index in [0.717, 1.165) is 37.2 Å². The van der Waals surface area contributed by atoms with E-state index in [4.69, 9.17) is 0 Å². The van der Waals surface area contributed by atoms with Crippen molar-refractivity contribution in [2.24, 2.45) is 0 Å². The average molecular weight is 444 g/mol. The molecule has 0 unspecified atom stereocenters. The first-order valence-corrected chi connectivity index (χ1v) is 10.6. The van der Waals surface area contributed by atoms with Crippen LogP contribution in [0.3, 0.4) is 0 Å². The van der Waals surface area contributed by atoms with Gasteiger partial charge in [-0.1, -0.05) is 18.2 Å². The Hall–Kier alpha value is -3.09.